The molecule has 0 aliphatic carbocycles. The number of amides is 1. The highest BCUT2D eigenvalue weighted by Crippen LogP contribution is 2.21. The summed E-state index contributed by atoms with van der Waals surface area (Å²) in [4.78, 5) is 16.5. The topological polar surface area (TPSA) is 46.9 Å². The summed E-state index contributed by atoms with van der Waals surface area (Å²) >= 11 is 1.52. The Balaban J connectivity index is 2.68. The molecule has 0 atom stereocenters. The summed E-state index contributed by atoms with van der Waals surface area (Å²) < 4.78 is 2.23. The number of aromatic nitrogens is 2. The Labute approximate surface area is 126 Å². The van der Waals surface area contributed by atoms with Crippen LogP contribution in [-0.2, 0) is 11.3 Å². The summed E-state index contributed by atoms with van der Waals surface area (Å²) in [5, 5.41) is 3.93. The normalized spacial score (nSPS) is 11.7. The fourth-order valence-corrected chi connectivity index (χ4v) is 2.82. The highest BCUT2D eigenvalue weighted by molar-refractivity contribution is 7.99. The summed E-state index contributed by atoms with van der Waals surface area (Å²) in [6.45, 7) is 13.3. The minimum atomic E-state index is -0.179. The highest BCUT2D eigenvalue weighted by atomic mass is 32.2. The van der Waals surface area contributed by atoms with E-state index in [1.54, 1.807) is 0 Å². The fourth-order valence-electron chi connectivity index (χ4n) is 1.90. The molecule has 0 radical (unpaired) electrons. The minimum Gasteiger partial charge on any atom is -0.351 e. The molecule has 4 nitrogen and oxygen atoms in total. The number of rotatable bonds is 6. The number of hydrogen-bond acceptors (Lipinski definition) is 3. The Morgan fingerprint density at radius 3 is 2.55 bits per heavy atom. The van der Waals surface area contributed by atoms with Gasteiger partial charge < -0.3 is 9.88 Å². The summed E-state index contributed by atoms with van der Waals surface area (Å²) in [6.07, 6.45) is 2.30. The number of hydrogen-bond donors (Lipinski definition) is 1. The molecule has 1 amide bonds. The maximum atomic E-state index is 11.9. The number of imidazole rings is 1. The lowest BCUT2D eigenvalue weighted by Gasteiger charge is -2.20. The predicted octanol–water partition coefficient (Wildman–Crippen LogP) is 3.31. The molecular formula is C15H27N3OS. The van der Waals surface area contributed by atoms with Crippen molar-refractivity contribution in [3.63, 3.8) is 0 Å². The van der Waals surface area contributed by atoms with E-state index >= 15 is 0 Å². The van der Waals surface area contributed by atoms with Crippen LogP contribution in [0.15, 0.2) is 5.16 Å². The third kappa shape index (κ3) is 5.19. The van der Waals surface area contributed by atoms with Crippen LogP contribution in [0.25, 0.3) is 0 Å². The van der Waals surface area contributed by atoms with Gasteiger partial charge in [0.2, 0.25) is 5.91 Å². The van der Waals surface area contributed by atoms with Crippen LogP contribution in [-0.4, -0.2) is 26.8 Å². The monoisotopic (exact) mass is 297 g/mol. The van der Waals surface area contributed by atoms with E-state index in [9.17, 15) is 4.79 Å². The number of nitrogens with one attached hydrogen (secondary N) is 1. The van der Waals surface area contributed by atoms with Crippen molar-refractivity contribution in [2.75, 3.05) is 5.75 Å². The van der Waals surface area contributed by atoms with E-state index in [1.807, 2.05) is 27.7 Å². The highest BCUT2D eigenvalue weighted by Gasteiger charge is 2.16. The molecule has 1 aromatic rings. The van der Waals surface area contributed by atoms with Gasteiger partial charge in [0.05, 0.1) is 11.4 Å². The SMILES string of the molecule is CCCCn1c(SCC(=O)NC(C)(C)C)nc(C)c1C. The number of unbranched alkanes of at least 4 members (excludes halogenated alkanes) is 1. The molecule has 0 saturated carbocycles. The molecule has 0 fully saturated rings. The van der Waals surface area contributed by atoms with Gasteiger partial charge in [-0.05, 0) is 41.0 Å². The second-order valence-electron chi connectivity index (χ2n) is 6.16. The molecule has 1 aromatic heterocycles. The summed E-state index contributed by atoms with van der Waals surface area (Å²) in [5.74, 6) is 0.474. The Bertz CT molecular complexity index is 460. The second kappa shape index (κ2) is 7.16. The average molecular weight is 297 g/mol. The maximum absolute atomic E-state index is 11.9. The molecule has 0 aromatic carbocycles. The van der Waals surface area contributed by atoms with Crippen LogP contribution in [0.5, 0.6) is 0 Å². The number of carbonyl (C=O) groups excluding carboxylic acids is 1. The zero-order valence-electron chi connectivity index (χ0n) is 13.5. The van der Waals surface area contributed by atoms with Crippen molar-refractivity contribution < 1.29 is 4.79 Å². The predicted molar refractivity (Wildman–Crippen MR) is 85.2 cm³/mol. The first-order chi connectivity index (χ1) is 9.24. The van der Waals surface area contributed by atoms with Crippen LogP contribution in [0, 0.1) is 13.8 Å². The molecule has 0 aliphatic heterocycles. The van der Waals surface area contributed by atoms with Gasteiger partial charge >= 0.3 is 0 Å². The van der Waals surface area contributed by atoms with Gasteiger partial charge in [-0.2, -0.15) is 0 Å². The van der Waals surface area contributed by atoms with Gasteiger partial charge in [0.1, 0.15) is 0 Å². The third-order valence-electron chi connectivity index (χ3n) is 3.00. The molecule has 1 rings (SSSR count). The van der Waals surface area contributed by atoms with Gasteiger partial charge in [0, 0.05) is 17.8 Å². The first-order valence-corrected chi connectivity index (χ1v) is 8.20. The van der Waals surface area contributed by atoms with Crippen LogP contribution >= 0.6 is 11.8 Å². The molecule has 0 spiro atoms. The molecule has 5 heteroatoms. The number of thioether (sulfide) groups is 1. The molecule has 20 heavy (non-hydrogen) atoms. The Hall–Kier alpha value is -0.970. The fraction of sp³-hybridized carbons (Fsp3) is 0.733. The van der Waals surface area contributed by atoms with Crippen LogP contribution in [0.1, 0.15) is 51.9 Å². The van der Waals surface area contributed by atoms with E-state index in [1.165, 1.54) is 17.5 Å². The first kappa shape index (κ1) is 17.1. The zero-order chi connectivity index (χ0) is 15.3. The number of carbonyl (C=O) groups is 1. The lowest BCUT2D eigenvalue weighted by Crippen LogP contribution is -2.41. The Morgan fingerprint density at radius 1 is 1.35 bits per heavy atom. The standard InChI is InChI=1S/C15H27N3OS/c1-7-8-9-18-12(3)11(2)16-14(18)20-10-13(19)17-15(4,5)6/h7-10H2,1-6H3,(H,17,19). The smallest absolute Gasteiger partial charge is 0.230 e. The molecule has 0 bridgehead atoms. The lowest BCUT2D eigenvalue weighted by atomic mass is 10.1. The Morgan fingerprint density at radius 2 is 2.00 bits per heavy atom. The van der Waals surface area contributed by atoms with E-state index in [0.717, 1.165) is 30.2 Å². The molecule has 1 N–H and O–H groups in total. The zero-order valence-corrected chi connectivity index (χ0v) is 14.4. The van der Waals surface area contributed by atoms with E-state index in [0.29, 0.717) is 5.75 Å². The van der Waals surface area contributed by atoms with Crippen molar-refractivity contribution in [1.29, 1.82) is 0 Å². The largest absolute Gasteiger partial charge is 0.351 e. The van der Waals surface area contributed by atoms with Crippen molar-refractivity contribution in [2.24, 2.45) is 0 Å². The molecule has 0 unspecified atom stereocenters. The second-order valence-corrected chi connectivity index (χ2v) is 7.10. The van der Waals surface area contributed by atoms with Crippen LogP contribution in [0.2, 0.25) is 0 Å². The summed E-state index contributed by atoms with van der Waals surface area (Å²) in [5.41, 5.74) is 2.08. The van der Waals surface area contributed by atoms with Crippen LogP contribution < -0.4 is 5.32 Å². The summed E-state index contributed by atoms with van der Waals surface area (Å²) in [6, 6.07) is 0. The van der Waals surface area contributed by atoms with E-state index in [2.05, 4.69) is 28.7 Å². The van der Waals surface area contributed by atoms with Crippen molar-refractivity contribution >= 4 is 17.7 Å². The molecular weight excluding hydrogens is 270 g/mol. The first-order valence-electron chi connectivity index (χ1n) is 7.22. The van der Waals surface area contributed by atoms with Gasteiger partial charge in [-0.15, -0.1) is 0 Å². The van der Waals surface area contributed by atoms with Gasteiger partial charge in [0.25, 0.3) is 0 Å². The Kier molecular flexibility index (Phi) is 6.11. The molecule has 0 saturated heterocycles. The van der Waals surface area contributed by atoms with Gasteiger partial charge in [-0.1, -0.05) is 25.1 Å². The quantitative estimate of drug-likeness (QED) is 0.819. The van der Waals surface area contributed by atoms with Crippen molar-refractivity contribution in [3.8, 4) is 0 Å². The maximum Gasteiger partial charge on any atom is 0.230 e. The van der Waals surface area contributed by atoms with Gasteiger partial charge in [0.15, 0.2) is 5.16 Å². The minimum absolute atomic E-state index is 0.0582. The van der Waals surface area contributed by atoms with E-state index in [4.69, 9.17) is 0 Å². The summed E-state index contributed by atoms with van der Waals surface area (Å²) in [7, 11) is 0. The van der Waals surface area contributed by atoms with E-state index < -0.39 is 0 Å². The van der Waals surface area contributed by atoms with Crippen LogP contribution in [0.3, 0.4) is 0 Å². The van der Waals surface area contributed by atoms with Crippen molar-refractivity contribution in [2.45, 2.75) is 71.6 Å². The van der Waals surface area contributed by atoms with E-state index in [-0.39, 0.29) is 11.4 Å². The van der Waals surface area contributed by atoms with Crippen molar-refractivity contribution in [3.05, 3.63) is 11.4 Å². The number of aryl methyl sites for hydroxylation is 1. The van der Waals surface area contributed by atoms with Gasteiger partial charge in [-0.3, -0.25) is 4.79 Å². The molecule has 114 valence electrons. The van der Waals surface area contributed by atoms with Crippen LogP contribution in [0.4, 0.5) is 0 Å². The number of nitrogens with zero attached hydrogens (tertiary/aromatic N) is 2. The van der Waals surface area contributed by atoms with Crippen molar-refractivity contribution in [1.82, 2.24) is 14.9 Å². The van der Waals surface area contributed by atoms with Gasteiger partial charge in [-0.25, -0.2) is 4.98 Å². The lowest BCUT2D eigenvalue weighted by molar-refractivity contribution is -0.119. The average Bonchev–Trinajstić information content (AvgIpc) is 2.58. The molecule has 1 heterocycles. The third-order valence-corrected chi connectivity index (χ3v) is 3.98. The molecule has 0 aliphatic rings.